The van der Waals surface area contributed by atoms with Gasteiger partial charge in [-0.05, 0) is 215 Å². The summed E-state index contributed by atoms with van der Waals surface area (Å²) in [6.07, 6.45) is 24.7. The van der Waals surface area contributed by atoms with E-state index in [2.05, 4.69) is 46.5 Å². The van der Waals surface area contributed by atoms with Crippen molar-refractivity contribution in [1.29, 1.82) is 0 Å². The van der Waals surface area contributed by atoms with Crippen molar-refractivity contribution in [1.82, 2.24) is 48.4 Å². The van der Waals surface area contributed by atoms with Crippen molar-refractivity contribution in [2.75, 3.05) is 0 Å². The summed E-state index contributed by atoms with van der Waals surface area (Å²) in [5, 5.41) is 4.88. The van der Waals surface area contributed by atoms with Crippen molar-refractivity contribution in [3.8, 4) is 28.7 Å². The fourth-order valence-electron chi connectivity index (χ4n) is 11.1. The fraction of sp³-hybridized carbons (Fsp3) is 0.0824. The molecular weight excluding hydrogens is 1420 g/mol. The molecule has 0 saturated carbocycles. The van der Waals surface area contributed by atoms with Crippen LogP contribution in [0.5, 0.6) is 28.7 Å². The smallest absolute Gasteiger partial charge is 0.344 e. The van der Waals surface area contributed by atoms with Crippen LogP contribution in [0.2, 0.25) is 5.02 Å². The van der Waals surface area contributed by atoms with Crippen LogP contribution < -0.4 is 23.7 Å². The Hall–Kier alpha value is -13.9. The molecule has 10 heterocycles. The second-order valence-corrected chi connectivity index (χ2v) is 27.0. The summed E-state index contributed by atoms with van der Waals surface area (Å²) in [7, 11) is -3.73. The molecule has 109 heavy (non-hydrogen) atoms. The zero-order valence-electron chi connectivity index (χ0n) is 58.9. The number of aryl methyl sites for hydroxylation is 5. The number of aromatic nitrogens is 10. The number of esters is 5. The molecule has 0 aliphatic carbocycles. The van der Waals surface area contributed by atoms with E-state index >= 15 is 0 Å². The van der Waals surface area contributed by atoms with Crippen LogP contribution in [-0.4, -0.2) is 86.7 Å². The summed E-state index contributed by atoms with van der Waals surface area (Å²) in [4.78, 5) is 90.1. The SMILES string of the molecule is C.C=C(C)n1ccc2cc(C(=O)Oc3cncc(C)c3)ccc21.Cc1ccc(S(=O)(=O)n2ccc3cc(C(=O)Oc4cncc(C)c4)ccc32)cc1.Cc1cncc(OC(=O)c2ccc3[nH]ccc3c2)c1.Cc1cncc(OC(=O)c2ccc3cc[nH]c3c2)c1.O=C(Oc1cncc(Cl)c1)c1cccc2[nH]ccc12. The van der Waals surface area contributed by atoms with E-state index < -0.39 is 27.9 Å². The van der Waals surface area contributed by atoms with Gasteiger partial charge in [-0.25, -0.2) is 36.4 Å². The van der Waals surface area contributed by atoms with Crippen LogP contribution >= 0.6 is 11.6 Å². The van der Waals surface area contributed by atoms with Gasteiger partial charge < -0.3 is 43.2 Å². The number of nitrogens with one attached hydrogen (secondary N) is 3. The number of hydrogen-bond acceptors (Lipinski definition) is 17. The van der Waals surface area contributed by atoms with Crippen molar-refractivity contribution < 1.29 is 56.1 Å². The second kappa shape index (κ2) is 34.3. The molecule has 22 nitrogen and oxygen atoms in total. The van der Waals surface area contributed by atoms with Crippen LogP contribution in [0.25, 0.3) is 60.2 Å². The molecule has 16 rings (SSSR count). The number of benzene rings is 6. The number of carbonyl (C=O) groups is 5. The fourth-order valence-corrected chi connectivity index (χ4v) is 12.6. The number of H-pyrrole nitrogens is 3. The van der Waals surface area contributed by atoms with Gasteiger partial charge in [0.05, 0.1) is 79.8 Å². The molecule has 10 aromatic heterocycles. The van der Waals surface area contributed by atoms with Crippen LogP contribution in [0, 0.1) is 34.6 Å². The molecule has 0 fully saturated rings. The molecule has 0 radical (unpaired) electrons. The number of aromatic amines is 3. The number of allylic oxidation sites excluding steroid dienone is 1. The number of hydrogen-bond donors (Lipinski definition) is 3. The molecule has 0 bridgehead atoms. The maximum atomic E-state index is 13.0. The third-order valence-corrected chi connectivity index (χ3v) is 18.2. The van der Waals surface area contributed by atoms with Crippen molar-refractivity contribution in [3.63, 3.8) is 0 Å². The highest BCUT2D eigenvalue weighted by molar-refractivity contribution is 7.90. The van der Waals surface area contributed by atoms with E-state index in [0.717, 1.165) is 77.1 Å². The van der Waals surface area contributed by atoms with Crippen LogP contribution in [0.1, 0.15) is 94.0 Å². The number of pyridine rings is 5. The van der Waals surface area contributed by atoms with Crippen LogP contribution in [-0.2, 0) is 10.0 Å². The Bertz CT molecular complexity index is 6030. The standard InChI is InChI=1S/C22H18N2O4S.C18H16N2O2.2C15H12N2O2.C14H9ClN2O2.CH4/c1-15-3-6-20(7-4-15)29(26,27)24-10-9-17-12-18(5-8-21(17)24)22(25)28-19-11-16(2)13-23-14-19;1-12(2)20-7-6-14-9-15(4-5-17(14)20)18(21)22-16-8-13(3)10-19-11-16;1-10-6-13(9-16-8-10)19-15(18)12-2-3-14-11(7-12)4-5-17-14;1-10-6-13(9-16-8-10)19-15(18)12-3-2-11-4-5-17-14(11)7-12;15-9-6-10(8-16-7-9)19-14(18)12-2-1-3-13-11(12)4-5-17-13;/h3-14H,1-2H3;4-11H,1H2,2-3H3;2*2-9,17H,1H3;1-8,17H;1H4. The van der Waals surface area contributed by atoms with Crippen molar-refractivity contribution in [2.24, 2.45) is 0 Å². The molecule has 0 spiro atoms. The molecule has 0 atom stereocenters. The lowest BCUT2D eigenvalue weighted by atomic mass is 10.1. The minimum Gasteiger partial charge on any atom is -0.421 e. The largest absolute Gasteiger partial charge is 0.421 e. The Morgan fingerprint density at radius 1 is 0.394 bits per heavy atom. The number of ether oxygens (including phenoxy) is 5. The molecule has 24 heteroatoms. The summed E-state index contributed by atoms with van der Waals surface area (Å²) in [5.74, 6) is -0.0838. The van der Waals surface area contributed by atoms with Gasteiger partial charge in [-0.15, -0.1) is 0 Å². The number of nitrogens with zero attached hydrogens (tertiary/aromatic N) is 7. The van der Waals surface area contributed by atoms with Crippen LogP contribution in [0.4, 0.5) is 0 Å². The molecule has 0 amide bonds. The second-order valence-electron chi connectivity index (χ2n) is 24.8. The van der Waals surface area contributed by atoms with E-state index in [-0.39, 0.29) is 24.3 Å². The summed E-state index contributed by atoms with van der Waals surface area (Å²) in [6.45, 7) is 15.3. The van der Waals surface area contributed by atoms with Gasteiger partial charge in [-0.1, -0.05) is 55.4 Å². The molecule has 0 unspecified atom stereocenters. The molecular formula is C85H71ClN10O12S. The van der Waals surface area contributed by atoms with Gasteiger partial charge in [0.25, 0.3) is 10.0 Å². The highest BCUT2D eigenvalue weighted by atomic mass is 35.5. The average Bonchev–Trinajstić information content (AvgIpc) is 1.65. The van der Waals surface area contributed by atoms with E-state index in [1.807, 2.05) is 119 Å². The van der Waals surface area contributed by atoms with E-state index in [1.54, 1.807) is 152 Å². The van der Waals surface area contributed by atoms with Crippen LogP contribution in [0.3, 0.4) is 0 Å². The number of rotatable bonds is 13. The molecule has 6 aromatic carbocycles. The van der Waals surface area contributed by atoms with Gasteiger partial charge in [0.2, 0.25) is 0 Å². The first-order chi connectivity index (χ1) is 52.1. The minimum absolute atomic E-state index is 0. The molecule has 546 valence electrons. The number of fused-ring (bicyclic) bond motifs is 5. The zero-order valence-corrected chi connectivity index (χ0v) is 60.5. The first-order valence-corrected chi connectivity index (χ1v) is 35.2. The van der Waals surface area contributed by atoms with Gasteiger partial charge in [-0.2, -0.15) is 0 Å². The Kier molecular flexibility index (Phi) is 24.0. The number of carbonyl (C=O) groups excluding carboxylic acids is 5. The van der Waals surface area contributed by atoms with Crippen molar-refractivity contribution in [3.05, 3.63) is 336 Å². The summed E-state index contributed by atoms with van der Waals surface area (Å²) < 4.78 is 55.7. The van der Waals surface area contributed by atoms with Gasteiger partial charge in [0.15, 0.2) is 5.75 Å². The number of halogens is 1. The summed E-state index contributed by atoms with van der Waals surface area (Å²) >= 11 is 5.79. The predicted molar refractivity (Wildman–Crippen MR) is 420 cm³/mol. The lowest BCUT2D eigenvalue weighted by Crippen LogP contribution is -2.12. The zero-order chi connectivity index (χ0) is 76.0. The Balaban J connectivity index is 0.000000136. The van der Waals surface area contributed by atoms with Crippen molar-refractivity contribution in [2.45, 2.75) is 53.9 Å². The summed E-state index contributed by atoms with van der Waals surface area (Å²) in [5.41, 5.74) is 12.3. The normalized spacial score (nSPS) is 10.7. The Morgan fingerprint density at radius 2 is 0.826 bits per heavy atom. The molecule has 0 aliphatic heterocycles. The van der Waals surface area contributed by atoms with Crippen LogP contribution in [0.15, 0.2) is 280 Å². The average molecular weight is 1490 g/mol. The van der Waals surface area contributed by atoms with E-state index in [4.69, 9.17) is 35.3 Å². The van der Waals surface area contributed by atoms with E-state index in [9.17, 15) is 32.4 Å². The lowest BCUT2D eigenvalue weighted by molar-refractivity contribution is 0.0724. The maximum Gasteiger partial charge on any atom is 0.344 e. The molecule has 0 aliphatic rings. The third kappa shape index (κ3) is 19.2. The van der Waals surface area contributed by atoms with Gasteiger partial charge >= 0.3 is 29.8 Å². The Labute approximate surface area is 631 Å². The molecule has 16 aromatic rings. The monoisotopic (exact) mass is 1490 g/mol. The highest BCUT2D eigenvalue weighted by Gasteiger charge is 2.21. The van der Waals surface area contributed by atoms with Gasteiger partial charge in [0.1, 0.15) is 23.0 Å². The van der Waals surface area contributed by atoms with Gasteiger partial charge in [-0.3, -0.25) is 24.9 Å². The predicted octanol–water partition coefficient (Wildman–Crippen LogP) is 18.4. The van der Waals surface area contributed by atoms with Crippen molar-refractivity contribution >= 4 is 112 Å². The first kappa shape index (κ1) is 76.2. The summed E-state index contributed by atoms with van der Waals surface area (Å²) in [6, 6.07) is 51.1. The molecule has 0 saturated heterocycles. The highest BCUT2D eigenvalue weighted by Crippen LogP contribution is 2.28. The molecule has 3 N–H and O–H groups in total. The van der Waals surface area contributed by atoms with E-state index in [0.29, 0.717) is 72.5 Å². The topological polar surface area (TPSA) is 287 Å². The third-order valence-electron chi connectivity index (χ3n) is 16.3. The minimum atomic E-state index is -3.73. The van der Waals surface area contributed by atoms with E-state index in [1.165, 1.54) is 47.4 Å². The van der Waals surface area contributed by atoms with Gasteiger partial charge in [0, 0.05) is 112 Å². The lowest BCUT2D eigenvalue weighted by Gasteiger charge is -2.09. The Morgan fingerprint density at radius 3 is 1.36 bits per heavy atom. The quantitative estimate of drug-likeness (QED) is 0.0904. The first-order valence-electron chi connectivity index (χ1n) is 33.4. The maximum absolute atomic E-state index is 13.0.